The number of aromatic nitrogens is 3. The van der Waals surface area contributed by atoms with E-state index in [9.17, 15) is 4.79 Å². The highest BCUT2D eigenvalue weighted by Crippen LogP contribution is 2.30. The van der Waals surface area contributed by atoms with Gasteiger partial charge in [0.15, 0.2) is 28.6 Å². The van der Waals surface area contributed by atoms with E-state index in [1.165, 1.54) is 11.8 Å². The summed E-state index contributed by atoms with van der Waals surface area (Å²) in [5.74, 6) is 2.68. The average Bonchev–Trinajstić information content (AvgIpc) is 3.21. The largest absolute Gasteiger partial charge is 0.493 e. The molecule has 164 valence electrons. The molecule has 0 fully saturated rings. The molecular formula is C22H26N4O4S. The number of anilines is 1. The minimum Gasteiger partial charge on any atom is -0.493 e. The molecule has 1 heterocycles. The van der Waals surface area contributed by atoms with Gasteiger partial charge in [0, 0.05) is 18.3 Å². The standard InChI is InChI=1S/C22H26N4O4S/c1-5-26-21(15(2)30-17-9-7-6-8-10-17)24-25-22(26)31-14-20(27)23-16-11-12-18(28-3)19(13-16)29-4/h6-13,15H,5,14H2,1-4H3,(H,23,27). The number of carbonyl (C=O) groups excluding carboxylic acids is 1. The van der Waals surface area contributed by atoms with Gasteiger partial charge in [0.05, 0.1) is 20.0 Å². The summed E-state index contributed by atoms with van der Waals surface area (Å²) in [5, 5.41) is 12.1. The maximum atomic E-state index is 12.4. The minimum absolute atomic E-state index is 0.155. The molecule has 8 nitrogen and oxygen atoms in total. The molecule has 3 aromatic rings. The van der Waals surface area contributed by atoms with Crippen molar-refractivity contribution >= 4 is 23.4 Å². The van der Waals surface area contributed by atoms with Gasteiger partial charge in [-0.3, -0.25) is 4.79 Å². The Balaban J connectivity index is 1.62. The maximum absolute atomic E-state index is 12.4. The van der Waals surface area contributed by atoms with Crippen LogP contribution in [0.25, 0.3) is 0 Å². The van der Waals surface area contributed by atoms with Crippen LogP contribution in [0.15, 0.2) is 53.7 Å². The molecule has 1 amide bonds. The van der Waals surface area contributed by atoms with Crippen molar-refractivity contribution in [2.45, 2.75) is 31.7 Å². The molecule has 0 saturated carbocycles. The number of carbonyl (C=O) groups is 1. The number of methoxy groups -OCH3 is 2. The Labute approximate surface area is 185 Å². The van der Waals surface area contributed by atoms with E-state index in [2.05, 4.69) is 15.5 Å². The SMILES string of the molecule is CCn1c(SCC(=O)Nc2ccc(OC)c(OC)c2)nnc1C(C)Oc1ccccc1. The van der Waals surface area contributed by atoms with Gasteiger partial charge in [-0.1, -0.05) is 30.0 Å². The fourth-order valence-electron chi connectivity index (χ4n) is 3.00. The van der Waals surface area contributed by atoms with E-state index in [1.807, 2.05) is 48.7 Å². The van der Waals surface area contributed by atoms with Gasteiger partial charge in [-0.2, -0.15) is 0 Å². The van der Waals surface area contributed by atoms with E-state index >= 15 is 0 Å². The van der Waals surface area contributed by atoms with Gasteiger partial charge in [0.25, 0.3) is 0 Å². The minimum atomic E-state index is -0.273. The van der Waals surface area contributed by atoms with Crippen molar-refractivity contribution in [1.29, 1.82) is 0 Å². The van der Waals surface area contributed by atoms with Crippen molar-refractivity contribution in [3.05, 3.63) is 54.4 Å². The molecular weight excluding hydrogens is 416 g/mol. The second-order valence-electron chi connectivity index (χ2n) is 6.56. The topological polar surface area (TPSA) is 87.5 Å². The van der Waals surface area contributed by atoms with E-state index in [0.29, 0.717) is 34.7 Å². The Morgan fingerprint density at radius 1 is 1.10 bits per heavy atom. The fourth-order valence-corrected chi connectivity index (χ4v) is 3.81. The lowest BCUT2D eigenvalue weighted by Gasteiger charge is -2.15. The Morgan fingerprint density at radius 2 is 1.84 bits per heavy atom. The zero-order valence-corrected chi connectivity index (χ0v) is 18.8. The van der Waals surface area contributed by atoms with Crippen molar-refractivity contribution in [3.63, 3.8) is 0 Å². The molecule has 2 aromatic carbocycles. The number of hydrogen-bond acceptors (Lipinski definition) is 7. The number of benzene rings is 2. The number of para-hydroxylation sites is 1. The molecule has 0 saturated heterocycles. The number of hydrogen-bond donors (Lipinski definition) is 1. The van der Waals surface area contributed by atoms with Crippen molar-refractivity contribution in [2.75, 3.05) is 25.3 Å². The van der Waals surface area contributed by atoms with Crippen LogP contribution in [0.1, 0.15) is 25.8 Å². The van der Waals surface area contributed by atoms with Gasteiger partial charge in [0.1, 0.15) is 5.75 Å². The molecule has 0 aliphatic carbocycles. The van der Waals surface area contributed by atoms with Crippen LogP contribution < -0.4 is 19.5 Å². The molecule has 31 heavy (non-hydrogen) atoms. The molecule has 1 atom stereocenters. The number of thioether (sulfide) groups is 1. The van der Waals surface area contributed by atoms with E-state index in [0.717, 1.165) is 5.75 Å². The van der Waals surface area contributed by atoms with Crippen LogP contribution in [0.2, 0.25) is 0 Å². The first-order valence-corrected chi connectivity index (χ1v) is 10.8. The molecule has 0 bridgehead atoms. The predicted molar refractivity (Wildman–Crippen MR) is 120 cm³/mol. The molecule has 0 spiro atoms. The second-order valence-corrected chi connectivity index (χ2v) is 7.51. The predicted octanol–water partition coefficient (Wildman–Crippen LogP) is 4.19. The zero-order chi connectivity index (χ0) is 22.2. The Kier molecular flexibility index (Phi) is 7.77. The van der Waals surface area contributed by atoms with Crippen LogP contribution in [0.5, 0.6) is 17.2 Å². The third-order valence-corrected chi connectivity index (χ3v) is 5.45. The Hall–Kier alpha value is -3.20. The average molecular weight is 443 g/mol. The quantitative estimate of drug-likeness (QED) is 0.471. The van der Waals surface area contributed by atoms with Crippen LogP contribution in [0, 0.1) is 0 Å². The number of ether oxygens (including phenoxy) is 3. The van der Waals surface area contributed by atoms with E-state index in [-0.39, 0.29) is 17.8 Å². The normalized spacial score (nSPS) is 11.6. The highest BCUT2D eigenvalue weighted by atomic mass is 32.2. The third-order valence-electron chi connectivity index (χ3n) is 4.48. The Morgan fingerprint density at radius 3 is 2.52 bits per heavy atom. The molecule has 1 aromatic heterocycles. The van der Waals surface area contributed by atoms with Gasteiger partial charge in [-0.25, -0.2) is 0 Å². The number of nitrogens with one attached hydrogen (secondary N) is 1. The summed E-state index contributed by atoms with van der Waals surface area (Å²) >= 11 is 1.33. The van der Waals surface area contributed by atoms with Crippen molar-refractivity contribution < 1.29 is 19.0 Å². The molecule has 1 unspecified atom stereocenters. The van der Waals surface area contributed by atoms with Gasteiger partial charge in [0.2, 0.25) is 5.91 Å². The third kappa shape index (κ3) is 5.69. The number of rotatable bonds is 10. The summed E-state index contributed by atoms with van der Waals surface area (Å²) in [4.78, 5) is 12.4. The Bertz CT molecular complexity index is 1010. The second kappa shape index (κ2) is 10.7. The number of amides is 1. The highest BCUT2D eigenvalue weighted by molar-refractivity contribution is 7.99. The van der Waals surface area contributed by atoms with Gasteiger partial charge < -0.3 is 24.1 Å². The smallest absolute Gasteiger partial charge is 0.234 e. The molecule has 0 aliphatic heterocycles. The highest BCUT2D eigenvalue weighted by Gasteiger charge is 2.19. The lowest BCUT2D eigenvalue weighted by molar-refractivity contribution is -0.113. The van der Waals surface area contributed by atoms with Gasteiger partial charge >= 0.3 is 0 Å². The van der Waals surface area contributed by atoms with Crippen molar-refractivity contribution in [2.24, 2.45) is 0 Å². The first-order chi connectivity index (χ1) is 15.0. The summed E-state index contributed by atoms with van der Waals surface area (Å²) in [7, 11) is 3.12. The first-order valence-electron chi connectivity index (χ1n) is 9.85. The molecule has 3 rings (SSSR count). The van der Waals surface area contributed by atoms with Crippen LogP contribution in [-0.4, -0.2) is 40.6 Å². The van der Waals surface area contributed by atoms with E-state index in [1.54, 1.807) is 32.4 Å². The summed E-state index contributed by atoms with van der Waals surface area (Å²) in [5.41, 5.74) is 0.630. The summed E-state index contributed by atoms with van der Waals surface area (Å²) in [6, 6.07) is 14.8. The lowest BCUT2D eigenvalue weighted by atomic mass is 10.2. The number of nitrogens with zero attached hydrogens (tertiary/aromatic N) is 3. The van der Waals surface area contributed by atoms with Gasteiger partial charge in [-0.15, -0.1) is 10.2 Å². The van der Waals surface area contributed by atoms with E-state index < -0.39 is 0 Å². The fraction of sp³-hybridized carbons (Fsp3) is 0.318. The summed E-state index contributed by atoms with van der Waals surface area (Å²) in [6.07, 6.45) is -0.273. The molecule has 0 radical (unpaired) electrons. The monoisotopic (exact) mass is 442 g/mol. The van der Waals surface area contributed by atoms with Crippen LogP contribution in [-0.2, 0) is 11.3 Å². The molecule has 1 N–H and O–H groups in total. The van der Waals surface area contributed by atoms with Gasteiger partial charge in [-0.05, 0) is 38.1 Å². The summed E-state index contributed by atoms with van der Waals surface area (Å²) in [6.45, 7) is 4.61. The van der Waals surface area contributed by atoms with Crippen LogP contribution in [0.4, 0.5) is 5.69 Å². The van der Waals surface area contributed by atoms with E-state index in [4.69, 9.17) is 14.2 Å². The summed E-state index contributed by atoms with van der Waals surface area (Å²) < 4.78 is 18.4. The van der Waals surface area contributed by atoms with Crippen LogP contribution in [0.3, 0.4) is 0 Å². The van der Waals surface area contributed by atoms with Crippen LogP contribution >= 0.6 is 11.8 Å². The first kappa shape index (κ1) is 22.5. The zero-order valence-electron chi connectivity index (χ0n) is 18.0. The van der Waals surface area contributed by atoms with Crippen molar-refractivity contribution in [3.8, 4) is 17.2 Å². The molecule has 9 heteroatoms. The van der Waals surface area contributed by atoms with Crippen molar-refractivity contribution in [1.82, 2.24) is 14.8 Å². The maximum Gasteiger partial charge on any atom is 0.234 e. The molecule has 0 aliphatic rings. The lowest BCUT2D eigenvalue weighted by Crippen LogP contribution is -2.15.